The van der Waals surface area contributed by atoms with Gasteiger partial charge in [-0.2, -0.15) is 0 Å². The molecule has 0 aromatic heterocycles. The van der Waals surface area contributed by atoms with E-state index in [1.807, 2.05) is 0 Å². The zero-order chi connectivity index (χ0) is 10.3. The summed E-state index contributed by atoms with van der Waals surface area (Å²) < 4.78 is 0. The van der Waals surface area contributed by atoms with Crippen LogP contribution in [0.2, 0.25) is 0 Å². The molecule has 2 heterocycles. The van der Waals surface area contributed by atoms with Gasteiger partial charge >= 0.3 is 0 Å². The Balaban J connectivity index is 2.06. The average molecular weight is 196 g/mol. The molecule has 2 atom stereocenters. The third kappa shape index (κ3) is 1.70. The summed E-state index contributed by atoms with van der Waals surface area (Å²) in [5, 5.41) is 0. The molecule has 0 saturated carbocycles. The van der Waals surface area contributed by atoms with E-state index in [-0.39, 0.29) is 0 Å². The Bertz CT molecular complexity index is 193. The second-order valence-corrected chi connectivity index (χ2v) is 5.79. The summed E-state index contributed by atoms with van der Waals surface area (Å²) in [6.07, 6.45) is 2.84. The molecule has 14 heavy (non-hydrogen) atoms. The van der Waals surface area contributed by atoms with Crippen LogP contribution in [0.5, 0.6) is 0 Å². The predicted molar refractivity (Wildman–Crippen MR) is 60.5 cm³/mol. The minimum atomic E-state index is 0.362. The maximum absolute atomic E-state index is 2.71. The fraction of sp³-hybridized carbons (Fsp3) is 1.00. The minimum Gasteiger partial charge on any atom is -0.295 e. The molecule has 0 aromatic carbocycles. The molecule has 0 spiro atoms. The number of rotatable bonds is 1. The lowest BCUT2D eigenvalue weighted by molar-refractivity contribution is 0.0186. The van der Waals surface area contributed by atoms with Crippen molar-refractivity contribution >= 4 is 0 Å². The maximum Gasteiger partial charge on any atom is 0.0227 e. The van der Waals surface area contributed by atoms with Gasteiger partial charge in [-0.15, -0.1) is 0 Å². The van der Waals surface area contributed by atoms with Gasteiger partial charge in [0.2, 0.25) is 0 Å². The Hall–Kier alpha value is -0.0800. The molecule has 0 N–H and O–H groups in total. The Kier molecular flexibility index (Phi) is 2.61. The van der Waals surface area contributed by atoms with Gasteiger partial charge in [0.15, 0.2) is 0 Å². The third-order valence-electron chi connectivity index (χ3n) is 3.95. The Morgan fingerprint density at radius 2 is 1.57 bits per heavy atom. The summed E-state index contributed by atoms with van der Waals surface area (Å²) in [5.74, 6) is 0. The standard InChI is InChI=1S/C12H24N2/c1-5-14-10-6-7-11(14)9-13(8-10)12(2,3)4/h10-11H,5-9H2,1-4H3. The molecular formula is C12H24N2. The van der Waals surface area contributed by atoms with Gasteiger partial charge in [0.05, 0.1) is 0 Å². The number of nitrogens with zero attached hydrogens (tertiary/aromatic N) is 2. The first-order valence-electron chi connectivity index (χ1n) is 6.03. The second-order valence-electron chi connectivity index (χ2n) is 5.79. The molecule has 0 amide bonds. The highest BCUT2D eigenvalue weighted by molar-refractivity contribution is 4.98. The van der Waals surface area contributed by atoms with Crippen LogP contribution in [-0.4, -0.2) is 47.1 Å². The average Bonchev–Trinajstić information content (AvgIpc) is 2.32. The molecule has 2 unspecified atom stereocenters. The van der Waals surface area contributed by atoms with Crippen molar-refractivity contribution in [2.75, 3.05) is 19.6 Å². The van der Waals surface area contributed by atoms with Crippen LogP contribution in [0.25, 0.3) is 0 Å². The van der Waals surface area contributed by atoms with Gasteiger partial charge in [-0.1, -0.05) is 6.92 Å². The number of fused-ring (bicyclic) bond motifs is 2. The van der Waals surface area contributed by atoms with E-state index in [0.717, 1.165) is 12.1 Å². The molecule has 2 bridgehead atoms. The van der Waals surface area contributed by atoms with Gasteiger partial charge in [-0.3, -0.25) is 9.80 Å². The van der Waals surface area contributed by atoms with Gasteiger partial charge in [-0.25, -0.2) is 0 Å². The maximum atomic E-state index is 2.71. The van der Waals surface area contributed by atoms with E-state index in [1.165, 1.54) is 32.5 Å². The Morgan fingerprint density at radius 3 is 1.93 bits per heavy atom. The van der Waals surface area contributed by atoms with Crippen LogP contribution in [0.3, 0.4) is 0 Å². The smallest absolute Gasteiger partial charge is 0.0227 e. The molecule has 2 heteroatoms. The first kappa shape index (κ1) is 10.4. The van der Waals surface area contributed by atoms with E-state index < -0.39 is 0 Å². The molecular weight excluding hydrogens is 172 g/mol. The number of hydrogen-bond donors (Lipinski definition) is 0. The summed E-state index contributed by atoms with van der Waals surface area (Å²) in [5.41, 5.74) is 0.362. The van der Waals surface area contributed by atoms with Gasteiger partial charge in [0.1, 0.15) is 0 Å². The molecule has 0 radical (unpaired) electrons. The molecule has 2 aliphatic heterocycles. The van der Waals surface area contributed by atoms with Crippen LogP contribution in [0, 0.1) is 0 Å². The van der Waals surface area contributed by atoms with Crippen LogP contribution >= 0.6 is 0 Å². The summed E-state index contributed by atoms with van der Waals surface area (Å²) in [7, 11) is 0. The highest BCUT2D eigenvalue weighted by Crippen LogP contribution is 2.32. The third-order valence-corrected chi connectivity index (χ3v) is 3.95. The highest BCUT2D eigenvalue weighted by atomic mass is 15.3. The first-order valence-corrected chi connectivity index (χ1v) is 6.03. The van der Waals surface area contributed by atoms with Crippen molar-refractivity contribution in [2.24, 2.45) is 0 Å². The number of hydrogen-bond acceptors (Lipinski definition) is 2. The fourth-order valence-corrected chi connectivity index (χ4v) is 3.05. The van der Waals surface area contributed by atoms with Gasteiger partial charge < -0.3 is 0 Å². The lowest BCUT2D eigenvalue weighted by Crippen LogP contribution is -2.58. The highest BCUT2D eigenvalue weighted by Gasteiger charge is 2.41. The zero-order valence-corrected chi connectivity index (χ0v) is 10.1. The van der Waals surface area contributed by atoms with Crippen LogP contribution in [0.4, 0.5) is 0 Å². The van der Waals surface area contributed by atoms with Crippen molar-refractivity contribution in [3.8, 4) is 0 Å². The molecule has 0 aromatic rings. The lowest BCUT2D eigenvalue weighted by Gasteiger charge is -2.46. The molecule has 0 aliphatic carbocycles. The van der Waals surface area contributed by atoms with E-state index in [4.69, 9.17) is 0 Å². The van der Waals surface area contributed by atoms with Crippen LogP contribution in [0.1, 0.15) is 40.5 Å². The van der Waals surface area contributed by atoms with Gasteiger partial charge in [0, 0.05) is 30.7 Å². The van der Waals surface area contributed by atoms with Crippen LogP contribution in [-0.2, 0) is 0 Å². The largest absolute Gasteiger partial charge is 0.295 e. The fourth-order valence-electron chi connectivity index (χ4n) is 3.05. The lowest BCUT2D eigenvalue weighted by atomic mass is 10.0. The molecule has 2 nitrogen and oxygen atoms in total. The van der Waals surface area contributed by atoms with E-state index in [1.54, 1.807) is 0 Å². The minimum absolute atomic E-state index is 0.362. The quantitative estimate of drug-likeness (QED) is 0.632. The van der Waals surface area contributed by atoms with Crippen molar-refractivity contribution < 1.29 is 0 Å². The van der Waals surface area contributed by atoms with E-state index in [0.29, 0.717) is 5.54 Å². The predicted octanol–water partition coefficient (Wildman–Crippen LogP) is 1.95. The molecule has 2 saturated heterocycles. The van der Waals surface area contributed by atoms with Crippen LogP contribution < -0.4 is 0 Å². The summed E-state index contributed by atoms with van der Waals surface area (Å²) in [4.78, 5) is 5.38. The second kappa shape index (κ2) is 3.49. The van der Waals surface area contributed by atoms with E-state index in [9.17, 15) is 0 Å². The van der Waals surface area contributed by atoms with Crippen molar-refractivity contribution in [2.45, 2.75) is 58.2 Å². The number of likely N-dealkylation sites (N-methyl/N-ethyl adjacent to an activating group) is 1. The van der Waals surface area contributed by atoms with Gasteiger partial charge in [0.25, 0.3) is 0 Å². The van der Waals surface area contributed by atoms with E-state index >= 15 is 0 Å². The normalized spacial score (nSPS) is 35.1. The SMILES string of the molecule is CCN1C2CCC1CN(C(C)(C)C)C2. The van der Waals surface area contributed by atoms with E-state index in [2.05, 4.69) is 37.5 Å². The van der Waals surface area contributed by atoms with Crippen LogP contribution in [0.15, 0.2) is 0 Å². The summed E-state index contributed by atoms with van der Waals surface area (Å²) in [6.45, 7) is 13.1. The van der Waals surface area contributed by atoms with Crippen molar-refractivity contribution in [1.82, 2.24) is 9.80 Å². The zero-order valence-electron chi connectivity index (χ0n) is 10.1. The summed E-state index contributed by atoms with van der Waals surface area (Å²) in [6, 6.07) is 1.69. The summed E-state index contributed by atoms with van der Waals surface area (Å²) >= 11 is 0. The topological polar surface area (TPSA) is 6.48 Å². The first-order chi connectivity index (χ1) is 6.52. The molecule has 2 aliphatic rings. The Labute approximate surface area is 88.3 Å². The van der Waals surface area contributed by atoms with Crippen molar-refractivity contribution in [1.29, 1.82) is 0 Å². The molecule has 82 valence electrons. The number of likely N-dealkylation sites (tertiary alicyclic amines) is 1. The van der Waals surface area contributed by atoms with Crippen molar-refractivity contribution in [3.63, 3.8) is 0 Å². The molecule has 2 rings (SSSR count). The molecule has 2 fully saturated rings. The van der Waals surface area contributed by atoms with Gasteiger partial charge in [-0.05, 0) is 40.2 Å². The number of piperazine rings is 1. The Morgan fingerprint density at radius 1 is 1.07 bits per heavy atom. The monoisotopic (exact) mass is 196 g/mol. The van der Waals surface area contributed by atoms with Crippen molar-refractivity contribution in [3.05, 3.63) is 0 Å².